The highest BCUT2D eigenvalue weighted by atomic mass is 16.5. The van der Waals surface area contributed by atoms with Gasteiger partial charge in [-0.3, -0.25) is 4.98 Å². The molecule has 0 aliphatic carbocycles. The van der Waals surface area contributed by atoms with E-state index in [0.717, 1.165) is 19.4 Å². The van der Waals surface area contributed by atoms with Gasteiger partial charge in [0.25, 0.3) is 0 Å². The molecule has 1 unspecified atom stereocenters. The predicted molar refractivity (Wildman–Crippen MR) is 67.9 cm³/mol. The van der Waals surface area contributed by atoms with Crippen LogP contribution in [-0.2, 0) is 11.2 Å². The monoisotopic (exact) mass is 238 g/mol. The molecule has 0 aromatic carbocycles. The van der Waals surface area contributed by atoms with Gasteiger partial charge < -0.3 is 15.2 Å². The number of nitrogens with zero attached hydrogens (tertiary/aromatic N) is 1. The van der Waals surface area contributed by atoms with E-state index in [1.54, 1.807) is 12.4 Å². The summed E-state index contributed by atoms with van der Waals surface area (Å²) >= 11 is 0. The highest BCUT2D eigenvalue weighted by Gasteiger charge is 2.02. The quantitative estimate of drug-likeness (QED) is 0.630. The fourth-order valence-electron chi connectivity index (χ4n) is 1.52. The van der Waals surface area contributed by atoms with Crippen LogP contribution in [0.5, 0.6) is 0 Å². The number of aliphatic hydroxyl groups excluding tert-OH is 1. The van der Waals surface area contributed by atoms with Crippen LogP contribution in [0.25, 0.3) is 0 Å². The molecule has 0 aliphatic heterocycles. The summed E-state index contributed by atoms with van der Waals surface area (Å²) in [6.45, 7) is 4.58. The molecule has 1 aromatic heterocycles. The largest absolute Gasteiger partial charge is 0.389 e. The van der Waals surface area contributed by atoms with Gasteiger partial charge in [-0.1, -0.05) is 6.92 Å². The van der Waals surface area contributed by atoms with E-state index in [-0.39, 0.29) is 0 Å². The number of ether oxygens (including phenoxy) is 1. The van der Waals surface area contributed by atoms with E-state index in [0.29, 0.717) is 19.8 Å². The molecule has 96 valence electrons. The number of likely N-dealkylation sites (N-methyl/N-ethyl adjacent to an activating group) is 1. The van der Waals surface area contributed by atoms with Gasteiger partial charge in [-0.2, -0.15) is 0 Å². The van der Waals surface area contributed by atoms with Crippen LogP contribution in [-0.4, -0.2) is 42.5 Å². The second kappa shape index (κ2) is 9.10. The Kier molecular flexibility index (Phi) is 7.54. The van der Waals surface area contributed by atoms with Crippen LogP contribution in [0.1, 0.15) is 18.9 Å². The molecule has 0 radical (unpaired) electrons. The van der Waals surface area contributed by atoms with E-state index in [9.17, 15) is 5.11 Å². The molecule has 17 heavy (non-hydrogen) atoms. The van der Waals surface area contributed by atoms with E-state index in [1.165, 1.54) is 5.56 Å². The third-order valence-corrected chi connectivity index (χ3v) is 2.44. The van der Waals surface area contributed by atoms with E-state index in [1.807, 2.05) is 19.1 Å². The molecule has 2 N–H and O–H groups in total. The first-order valence-corrected chi connectivity index (χ1v) is 6.18. The summed E-state index contributed by atoms with van der Waals surface area (Å²) in [5, 5.41) is 12.6. The Morgan fingerprint density at radius 1 is 1.41 bits per heavy atom. The predicted octanol–water partition coefficient (Wildman–Crippen LogP) is 1.00. The minimum Gasteiger partial charge on any atom is -0.389 e. The molecular formula is C13H22N2O2. The van der Waals surface area contributed by atoms with Crippen LogP contribution in [0.4, 0.5) is 0 Å². The first-order chi connectivity index (χ1) is 8.33. The van der Waals surface area contributed by atoms with Crippen molar-refractivity contribution >= 4 is 0 Å². The molecule has 1 atom stereocenters. The third kappa shape index (κ3) is 7.05. The molecule has 0 bridgehead atoms. The molecule has 4 nitrogen and oxygen atoms in total. The SMILES string of the molecule is CCNCC(O)COCCCc1ccncc1. The fourth-order valence-corrected chi connectivity index (χ4v) is 1.52. The highest BCUT2D eigenvalue weighted by molar-refractivity contribution is 5.09. The van der Waals surface area contributed by atoms with Crippen molar-refractivity contribution < 1.29 is 9.84 Å². The number of nitrogens with one attached hydrogen (secondary N) is 1. The summed E-state index contributed by atoms with van der Waals surface area (Å²) in [5.74, 6) is 0. The molecule has 0 saturated heterocycles. The van der Waals surface area contributed by atoms with Crippen molar-refractivity contribution in [2.24, 2.45) is 0 Å². The number of rotatable bonds is 9. The Morgan fingerprint density at radius 3 is 2.88 bits per heavy atom. The van der Waals surface area contributed by atoms with Crippen molar-refractivity contribution in [2.45, 2.75) is 25.9 Å². The van der Waals surface area contributed by atoms with Crippen LogP contribution >= 0.6 is 0 Å². The molecule has 4 heteroatoms. The summed E-state index contributed by atoms with van der Waals surface area (Å²) in [7, 11) is 0. The Bertz CT molecular complexity index is 280. The van der Waals surface area contributed by atoms with Crippen molar-refractivity contribution in [1.29, 1.82) is 0 Å². The first kappa shape index (κ1) is 14.1. The molecule has 0 spiro atoms. The van der Waals surface area contributed by atoms with E-state index in [2.05, 4.69) is 10.3 Å². The van der Waals surface area contributed by atoms with Gasteiger partial charge in [0.1, 0.15) is 0 Å². The van der Waals surface area contributed by atoms with E-state index < -0.39 is 6.10 Å². The van der Waals surface area contributed by atoms with Gasteiger partial charge in [0.05, 0.1) is 12.7 Å². The molecule has 1 aromatic rings. The lowest BCUT2D eigenvalue weighted by Crippen LogP contribution is -2.30. The zero-order valence-corrected chi connectivity index (χ0v) is 10.4. The normalized spacial score (nSPS) is 12.6. The fraction of sp³-hybridized carbons (Fsp3) is 0.615. The number of pyridine rings is 1. The van der Waals surface area contributed by atoms with Gasteiger partial charge in [-0.05, 0) is 37.1 Å². The van der Waals surface area contributed by atoms with Crippen molar-refractivity contribution in [3.05, 3.63) is 30.1 Å². The van der Waals surface area contributed by atoms with Crippen LogP contribution < -0.4 is 5.32 Å². The Labute approximate surface area is 103 Å². The van der Waals surface area contributed by atoms with Gasteiger partial charge in [-0.15, -0.1) is 0 Å². The smallest absolute Gasteiger partial charge is 0.0897 e. The highest BCUT2D eigenvalue weighted by Crippen LogP contribution is 2.00. The summed E-state index contributed by atoms with van der Waals surface area (Å²) < 4.78 is 5.41. The average Bonchev–Trinajstić information content (AvgIpc) is 2.37. The zero-order chi connectivity index (χ0) is 12.3. The number of aryl methyl sites for hydroxylation is 1. The lowest BCUT2D eigenvalue weighted by Gasteiger charge is -2.11. The van der Waals surface area contributed by atoms with Crippen LogP contribution in [0, 0.1) is 0 Å². The van der Waals surface area contributed by atoms with Crippen molar-refractivity contribution in [3.63, 3.8) is 0 Å². The van der Waals surface area contributed by atoms with Gasteiger partial charge >= 0.3 is 0 Å². The maximum atomic E-state index is 9.50. The second-order valence-electron chi connectivity index (χ2n) is 4.00. The van der Waals surface area contributed by atoms with Crippen LogP contribution in [0.2, 0.25) is 0 Å². The maximum absolute atomic E-state index is 9.50. The van der Waals surface area contributed by atoms with E-state index >= 15 is 0 Å². The molecule has 1 rings (SSSR count). The standard InChI is InChI=1S/C13H22N2O2/c1-2-14-10-13(16)11-17-9-3-4-12-5-7-15-8-6-12/h5-8,13-14,16H,2-4,9-11H2,1H3. The number of hydrogen-bond acceptors (Lipinski definition) is 4. The summed E-state index contributed by atoms with van der Waals surface area (Å²) in [6.07, 6.45) is 5.16. The Balaban J connectivity index is 1.97. The van der Waals surface area contributed by atoms with Gasteiger partial charge in [-0.25, -0.2) is 0 Å². The topological polar surface area (TPSA) is 54.4 Å². The molecule has 0 saturated carbocycles. The van der Waals surface area contributed by atoms with Crippen molar-refractivity contribution in [1.82, 2.24) is 10.3 Å². The lowest BCUT2D eigenvalue weighted by molar-refractivity contribution is 0.0365. The average molecular weight is 238 g/mol. The zero-order valence-electron chi connectivity index (χ0n) is 10.4. The Hall–Kier alpha value is -0.970. The summed E-state index contributed by atoms with van der Waals surface area (Å²) in [4.78, 5) is 3.97. The maximum Gasteiger partial charge on any atom is 0.0897 e. The molecule has 0 aliphatic rings. The lowest BCUT2D eigenvalue weighted by atomic mass is 10.1. The molecule has 1 heterocycles. The van der Waals surface area contributed by atoms with Gasteiger partial charge in [0.2, 0.25) is 0 Å². The van der Waals surface area contributed by atoms with Crippen molar-refractivity contribution in [3.8, 4) is 0 Å². The van der Waals surface area contributed by atoms with Crippen molar-refractivity contribution in [2.75, 3.05) is 26.3 Å². The Morgan fingerprint density at radius 2 is 2.18 bits per heavy atom. The van der Waals surface area contributed by atoms with Gasteiger partial charge in [0.15, 0.2) is 0 Å². The van der Waals surface area contributed by atoms with Gasteiger partial charge in [0, 0.05) is 25.5 Å². The minimum atomic E-state index is -0.407. The number of aromatic nitrogens is 1. The number of hydrogen-bond donors (Lipinski definition) is 2. The first-order valence-electron chi connectivity index (χ1n) is 6.18. The molecule has 0 amide bonds. The van der Waals surface area contributed by atoms with Crippen LogP contribution in [0.15, 0.2) is 24.5 Å². The second-order valence-corrected chi connectivity index (χ2v) is 4.00. The van der Waals surface area contributed by atoms with Crippen LogP contribution in [0.3, 0.4) is 0 Å². The molecule has 0 fully saturated rings. The van der Waals surface area contributed by atoms with E-state index in [4.69, 9.17) is 4.74 Å². The molecular weight excluding hydrogens is 216 g/mol. The third-order valence-electron chi connectivity index (χ3n) is 2.44. The summed E-state index contributed by atoms with van der Waals surface area (Å²) in [6, 6.07) is 4.03. The number of aliphatic hydroxyl groups is 1. The summed E-state index contributed by atoms with van der Waals surface area (Å²) in [5.41, 5.74) is 1.27. The minimum absolute atomic E-state index is 0.406.